The summed E-state index contributed by atoms with van der Waals surface area (Å²) in [6, 6.07) is 12.5. The molecule has 0 atom stereocenters. The zero-order valence-electron chi connectivity index (χ0n) is 14.3. The SMILES string of the molecule is O=C(c1ccc(F)c(F)c1)N1CCc2nc(COc3ccccc3)oc2C1. The van der Waals surface area contributed by atoms with Gasteiger partial charge in [0.1, 0.15) is 11.5 Å². The van der Waals surface area contributed by atoms with Gasteiger partial charge in [-0.3, -0.25) is 4.79 Å². The van der Waals surface area contributed by atoms with Crippen LogP contribution in [-0.2, 0) is 19.6 Å². The van der Waals surface area contributed by atoms with Crippen LogP contribution in [-0.4, -0.2) is 22.3 Å². The van der Waals surface area contributed by atoms with Crippen molar-refractivity contribution < 1.29 is 22.7 Å². The van der Waals surface area contributed by atoms with E-state index >= 15 is 0 Å². The van der Waals surface area contributed by atoms with Gasteiger partial charge in [0.25, 0.3) is 5.91 Å². The summed E-state index contributed by atoms with van der Waals surface area (Å²) < 4.78 is 37.8. The van der Waals surface area contributed by atoms with Gasteiger partial charge in [0.05, 0.1) is 12.2 Å². The van der Waals surface area contributed by atoms with Crippen LogP contribution in [0.15, 0.2) is 52.9 Å². The average Bonchev–Trinajstić information content (AvgIpc) is 3.11. The maximum Gasteiger partial charge on any atom is 0.254 e. The van der Waals surface area contributed by atoms with E-state index < -0.39 is 11.6 Å². The standard InChI is InChI=1S/C20H16F2N2O3/c21-15-7-6-13(10-16(15)22)20(25)24-9-8-17-18(11-24)27-19(23-17)12-26-14-4-2-1-3-5-14/h1-7,10H,8-9,11-12H2. The second-order valence-corrected chi connectivity index (χ2v) is 6.18. The van der Waals surface area contributed by atoms with Crippen LogP contribution in [0, 0.1) is 11.6 Å². The van der Waals surface area contributed by atoms with Gasteiger partial charge in [0.15, 0.2) is 18.2 Å². The number of carbonyl (C=O) groups excluding carboxylic acids is 1. The summed E-state index contributed by atoms with van der Waals surface area (Å²) in [5.41, 5.74) is 0.889. The van der Waals surface area contributed by atoms with Gasteiger partial charge < -0.3 is 14.1 Å². The first-order chi connectivity index (χ1) is 13.1. The average molecular weight is 370 g/mol. The van der Waals surface area contributed by atoms with Crippen molar-refractivity contribution in [1.82, 2.24) is 9.88 Å². The molecule has 27 heavy (non-hydrogen) atoms. The number of aromatic nitrogens is 1. The molecule has 0 fully saturated rings. The maximum atomic E-state index is 13.4. The predicted molar refractivity (Wildman–Crippen MR) is 92.1 cm³/mol. The molecule has 138 valence electrons. The molecule has 3 aromatic rings. The Kier molecular flexibility index (Phi) is 4.58. The molecule has 0 bridgehead atoms. The van der Waals surface area contributed by atoms with Crippen LogP contribution in [0.5, 0.6) is 5.75 Å². The fourth-order valence-corrected chi connectivity index (χ4v) is 2.96. The summed E-state index contributed by atoms with van der Waals surface area (Å²) in [4.78, 5) is 18.5. The maximum absolute atomic E-state index is 13.4. The van der Waals surface area contributed by atoms with E-state index in [9.17, 15) is 13.6 Å². The van der Waals surface area contributed by atoms with Crippen LogP contribution in [0.4, 0.5) is 8.78 Å². The quantitative estimate of drug-likeness (QED) is 0.702. The molecule has 7 heteroatoms. The Labute approximate surface area is 154 Å². The normalized spacial score (nSPS) is 13.3. The first-order valence-electron chi connectivity index (χ1n) is 8.50. The summed E-state index contributed by atoms with van der Waals surface area (Å²) in [5.74, 6) is -0.666. The number of rotatable bonds is 4. The summed E-state index contributed by atoms with van der Waals surface area (Å²) in [7, 11) is 0. The number of fused-ring (bicyclic) bond motifs is 1. The fourth-order valence-electron chi connectivity index (χ4n) is 2.96. The van der Waals surface area contributed by atoms with E-state index in [0.29, 0.717) is 30.4 Å². The van der Waals surface area contributed by atoms with Crippen molar-refractivity contribution in [2.24, 2.45) is 0 Å². The second-order valence-electron chi connectivity index (χ2n) is 6.18. The lowest BCUT2D eigenvalue weighted by Gasteiger charge is -2.25. The summed E-state index contributed by atoms with van der Waals surface area (Å²) in [6.07, 6.45) is 0.527. The Balaban J connectivity index is 1.44. The van der Waals surface area contributed by atoms with Crippen molar-refractivity contribution >= 4 is 5.91 Å². The van der Waals surface area contributed by atoms with E-state index in [0.717, 1.165) is 17.8 Å². The summed E-state index contributed by atoms with van der Waals surface area (Å²) in [6.45, 7) is 0.843. The molecule has 2 aromatic carbocycles. The van der Waals surface area contributed by atoms with E-state index in [-0.39, 0.29) is 24.6 Å². The Morgan fingerprint density at radius 2 is 1.96 bits per heavy atom. The number of ether oxygens (including phenoxy) is 1. The highest BCUT2D eigenvalue weighted by molar-refractivity contribution is 5.94. The Morgan fingerprint density at radius 3 is 2.74 bits per heavy atom. The molecule has 4 rings (SSSR count). The van der Waals surface area contributed by atoms with E-state index in [1.807, 2.05) is 30.3 Å². The Bertz CT molecular complexity index is 973. The minimum atomic E-state index is -1.04. The van der Waals surface area contributed by atoms with Crippen LogP contribution in [0.2, 0.25) is 0 Å². The predicted octanol–water partition coefficient (Wildman–Crippen LogP) is 3.73. The van der Waals surface area contributed by atoms with Crippen LogP contribution in [0.25, 0.3) is 0 Å². The van der Waals surface area contributed by atoms with Crippen molar-refractivity contribution in [1.29, 1.82) is 0 Å². The number of amides is 1. The number of para-hydroxylation sites is 1. The molecule has 0 unspecified atom stereocenters. The van der Waals surface area contributed by atoms with Gasteiger partial charge in [-0.05, 0) is 30.3 Å². The lowest BCUT2D eigenvalue weighted by molar-refractivity contribution is 0.0717. The van der Waals surface area contributed by atoms with Gasteiger partial charge in [-0.15, -0.1) is 0 Å². The van der Waals surface area contributed by atoms with Gasteiger partial charge >= 0.3 is 0 Å². The zero-order valence-corrected chi connectivity index (χ0v) is 14.3. The monoisotopic (exact) mass is 370 g/mol. The third-order valence-electron chi connectivity index (χ3n) is 4.33. The third kappa shape index (κ3) is 3.67. The van der Waals surface area contributed by atoms with Crippen molar-refractivity contribution in [3.63, 3.8) is 0 Å². The Morgan fingerprint density at radius 1 is 1.15 bits per heavy atom. The molecule has 0 saturated heterocycles. The highest BCUT2D eigenvalue weighted by Crippen LogP contribution is 2.23. The van der Waals surface area contributed by atoms with Crippen LogP contribution in [0.1, 0.15) is 27.7 Å². The number of nitrogens with zero attached hydrogens (tertiary/aromatic N) is 2. The first kappa shape index (κ1) is 17.2. The highest BCUT2D eigenvalue weighted by Gasteiger charge is 2.26. The van der Waals surface area contributed by atoms with Crippen molar-refractivity contribution in [3.8, 4) is 5.75 Å². The fraction of sp³-hybridized carbons (Fsp3) is 0.200. The molecule has 2 heterocycles. The van der Waals surface area contributed by atoms with E-state index in [2.05, 4.69) is 4.98 Å². The molecule has 0 N–H and O–H groups in total. The highest BCUT2D eigenvalue weighted by atomic mass is 19.2. The zero-order chi connectivity index (χ0) is 18.8. The van der Waals surface area contributed by atoms with E-state index in [1.165, 1.54) is 11.0 Å². The molecule has 1 aliphatic heterocycles. The van der Waals surface area contributed by atoms with Crippen molar-refractivity contribution in [2.75, 3.05) is 6.54 Å². The molecule has 0 spiro atoms. The Hall–Kier alpha value is -3.22. The van der Waals surface area contributed by atoms with E-state index in [4.69, 9.17) is 9.15 Å². The van der Waals surface area contributed by atoms with Crippen molar-refractivity contribution in [2.45, 2.75) is 19.6 Å². The number of oxazole rings is 1. The molecule has 0 radical (unpaired) electrons. The lowest BCUT2D eigenvalue weighted by Crippen LogP contribution is -2.35. The molecular weight excluding hydrogens is 354 g/mol. The topological polar surface area (TPSA) is 55.6 Å². The third-order valence-corrected chi connectivity index (χ3v) is 4.33. The first-order valence-corrected chi connectivity index (χ1v) is 8.50. The largest absolute Gasteiger partial charge is 0.484 e. The number of hydrogen-bond donors (Lipinski definition) is 0. The lowest BCUT2D eigenvalue weighted by atomic mass is 10.1. The molecule has 1 amide bonds. The minimum absolute atomic E-state index is 0.101. The van der Waals surface area contributed by atoms with Crippen LogP contribution < -0.4 is 4.74 Å². The van der Waals surface area contributed by atoms with E-state index in [1.54, 1.807) is 0 Å². The minimum Gasteiger partial charge on any atom is -0.484 e. The molecule has 5 nitrogen and oxygen atoms in total. The summed E-state index contributed by atoms with van der Waals surface area (Å²) >= 11 is 0. The summed E-state index contributed by atoms with van der Waals surface area (Å²) in [5, 5.41) is 0. The number of carbonyl (C=O) groups is 1. The second kappa shape index (κ2) is 7.19. The van der Waals surface area contributed by atoms with Gasteiger partial charge in [-0.2, -0.15) is 0 Å². The molecule has 0 saturated carbocycles. The molecule has 0 aliphatic carbocycles. The number of benzene rings is 2. The van der Waals surface area contributed by atoms with Gasteiger partial charge in [-0.1, -0.05) is 18.2 Å². The smallest absolute Gasteiger partial charge is 0.254 e. The number of halogens is 2. The van der Waals surface area contributed by atoms with Gasteiger partial charge in [-0.25, -0.2) is 13.8 Å². The van der Waals surface area contributed by atoms with Crippen molar-refractivity contribution in [3.05, 3.63) is 83.1 Å². The number of hydrogen-bond acceptors (Lipinski definition) is 4. The van der Waals surface area contributed by atoms with Gasteiger partial charge in [0, 0.05) is 18.5 Å². The van der Waals surface area contributed by atoms with Crippen LogP contribution in [0.3, 0.4) is 0 Å². The molecular formula is C20H16F2N2O3. The van der Waals surface area contributed by atoms with Crippen LogP contribution >= 0.6 is 0 Å². The molecule has 1 aromatic heterocycles. The molecule has 1 aliphatic rings. The van der Waals surface area contributed by atoms with Gasteiger partial charge in [0.2, 0.25) is 5.89 Å².